The van der Waals surface area contributed by atoms with Crippen molar-refractivity contribution in [1.82, 2.24) is 4.98 Å². The number of hydrogen-bond donors (Lipinski definition) is 1. The van der Waals surface area contributed by atoms with E-state index >= 15 is 0 Å². The van der Waals surface area contributed by atoms with Crippen LogP contribution in [-0.4, -0.2) is 13.4 Å². The Balaban J connectivity index is 1.99. The van der Waals surface area contributed by atoms with Crippen LogP contribution in [0.3, 0.4) is 0 Å². The van der Waals surface area contributed by atoms with Crippen molar-refractivity contribution in [1.29, 1.82) is 0 Å². The number of hydrogen-bond acceptors (Lipinski definition) is 3. The fourth-order valence-corrected chi connectivity index (χ4v) is 4.16. The molecular weight excluding hydrogens is 308 g/mol. The van der Waals surface area contributed by atoms with Crippen molar-refractivity contribution in [3.05, 3.63) is 52.8 Å². The smallest absolute Gasteiger partial charge is 0.264 e. The number of aromatic nitrogens is 1. The van der Waals surface area contributed by atoms with Gasteiger partial charge in [0.1, 0.15) is 4.90 Å². The highest BCUT2D eigenvalue weighted by Gasteiger charge is 2.21. The van der Waals surface area contributed by atoms with Gasteiger partial charge >= 0.3 is 0 Å². The van der Waals surface area contributed by atoms with Crippen LogP contribution in [0.1, 0.15) is 24.0 Å². The Morgan fingerprint density at radius 3 is 2.76 bits per heavy atom. The number of benzene rings is 1. The van der Waals surface area contributed by atoms with Crippen LogP contribution < -0.4 is 4.72 Å². The van der Waals surface area contributed by atoms with Gasteiger partial charge in [0.15, 0.2) is 0 Å². The van der Waals surface area contributed by atoms with Gasteiger partial charge in [-0.1, -0.05) is 23.7 Å². The average molecular weight is 323 g/mol. The SMILES string of the molecule is O=S(=O)(Nc1cccc2c1CCCC2)c1cnccc1Cl. The zero-order chi connectivity index (χ0) is 14.9. The van der Waals surface area contributed by atoms with E-state index in [9.17, 15) is 8.42 Å². The molecule has 0 radical (unpaired) electrons. The second kappa shape index (κ2) is 5.66. The highest BCUT2D eigenvalue weighted by Crippen LogP contribution is 2.30. The van der Waals surface area contributed by atoms with E-state index in [-0.39, 0.29) is 9.92 Å². The summed E-state index contributed by atoms with van der Waals surface area (Å²) in [5, 5.41) is 0.169. The summed E-state index contributed by atoms with van der Waals surface area (Å²) in [4.78, 5) is 3.84. The molecule has 1 aromatic heterocycles. The summed E-state index contributed by atoms with van der Waals surface area (Å²) < 4.78 is 27.6. The maximum Gasteiger partial charge on any atom is 0.264 e. The van der Waals surface area contributed by atoms with Gasteiger partial charge in [-0.15, -0.1) is 0 Å². The summed E-state index contributed by atoms with van der Waals surface area (Å²) in [5.41, 5.74) is 2.96. The monoisotopic (exact) mass is 322 g/mol. The molecule has 0 fully saturated rings. The Kier molecular flexibility index (Phi) is 3.87. The molecule has 0 unspecified atom stereocenters. The number of fused-ring (bicyclic) bond motifs is 1. The maximum absolute atomic E-state index is 12.5. The van der Waals surface area contributed by atoms with Crippen LogP contribution in [0.4, 0.5) is 5.69 Å². The Labute approximate surface area is 129 Å². The fourth-order valence-electron chi connectivity index (χ4n) is 2.64. The lowest BCUT2D eigenvalue weighted by Gasteiger charge is -2.20. The van der Waals surface area contributed by atoms with Crippen LogP contribution in [0.15, 0.2) is 41.6 Å². The molecule has 0 bridgehead atoms. The topological polar surface area (TPSA) is 59.1 Å². The van der Waals surface area contributed by atoms with Crippen LogP contribution in [-0.2, 0) is 22.9 Å². The first-order valence-corrected chi connectivity index (χ1v) is 8.67. The van der Waals surface area contributed by atoms with E-state index in [2.05, 4.69) is 15.8 Å². The van der Waals surface area contributed by atoms with E-state index in [1.54, 1.807) is 6.07 Å². The van der Waals surface area contributed by atoms with Crippen LogP contribution in [0.5, 0.6) is 0 Å². The summed E-state index contributed by atoms with van der Waals surface area (Å²) in [5.74, 6) is 0. The number of rotatable bonds is 3. The summed E-state index contributed by atoms with van der Waals surface area (Å²) in [6.45, 7) is 0. The summed E-state index contributed by atoms with van der Waals surface area (Å²) >= 11 is 5.96. The second-order valence-electron chi connectivity index (χ2n) is 5.06. The van der Waals surface area contributed by atoms with Gasteiger partial charge in [0.2, 0.25) is 0 Å². The number of anilines is 1. The lowest BCUT2D eigenvalue weighted by atomic mass is 9.91. The molecule has 110 valence electrons. The third-order valence-electron chi connectivity index (χ3n) is 3.66. The Morgan fingerprint density at radius 1 is 1.14 bits per heavy atom. The van der Waals surface area contributed by atoms with Crippen molar-refractivity contribution in [3.63, 3.8) is 0 Å². The van der Waals surface area contributed by atoms with Crippen molar-refractivity contribution in [2.75, 3.05) is 4.72 Å². The Morgan fingerprint density at radius 2 is 1.95 bits per heavy atom. The molecule has 0 saturated carbocycles. The standard InChI is InChI=1S/C15H15ClN2O2S/c16-13-8-9-17-10-15(13)21(19,20)18-14-7-3-5-11-4-1-2-6-12(11)14/h3,5,7-10,18H,1-2,4,6H2. The molecule has 6 heteroatoms. The summed E-state index contributed by atoms with van der Waals surface area (Å²) in [6, 6.07) is 7.21. The Hall–Kier alpha value is -1.59. The molecular formula is C15H15ClN2O2S. The third kappa shape index (κ3) is 2.89. The fraction of sp³-hybridized carbons (Fsp3) is 0.267. The minimum Gasteiger partial charge on any atom is -0.279 e. The van der Waals surface area contributed by atoms with Crippen LogP contribution >= 0.6 is 11.6 Å². The van der Waals surface area contributed by atoms with E-state index in [0.29, 0.717) is 5.69 Å². The number of pyridine rings is 1. The Bertz CT molecular complexity index is 775. The van der Waals surface area contributed by atoms with E-state index in [4.69, 9.17) is 11.6 Å². The molecule has 0 spiro atoms. The predicted molar refractivity (Wildman–Crippen MR) is 83.1 cm³/mol. The number of nitrogens with one attached hydrogen (secondary N) is 1. The molecule has 0 saturated heterocycles. The van der Waals surface area contributed by atoms with E-state index in [1.165, 1.54) is 24.0 Å². The second-order valence-corrected chi connectivity index (χ2v) is 7.12. The van der Waals surface area contributed by atoms with Gasteiger partial charge in [-0.05, 0) is 48.9 Å². The summed E-state index contributed by atoms with van der Waals surface area (Å²) in [7, 11) is -3.72. The molecule has 4 nitrogen and oxygen atoms in total. The lowest BCUT2D eigenvalue weighted by Crippen LogP contribution is -2.16. The highest BCUT2D eigenvalue weighted by molar-refractivity contribution is 7.92. The van der Waals surface area contributed by atoms with Crippen LogP contribution in [0.2, 0.25) is 5.02 Å². The molecule has 1 aliphatic carbocycles. The zero-order valence-corrected chi connectivity index (χ0v) is 12.9. The molecule has 0 amide bonds. The van der Waals surface area contributed by atoms with Gasteiger partial charge < -0.3 is 0 Å². The number of sulfonamides is 1. The largest absolute Gasteiger partial charge is 0.279 e. The molecule has 0 atom stereocenters. The molecule has 0 aliphatic heterocycles. The van der Waals surface area contributed by atoms with Crippen molar-refractivity contribution in [2.24, 2.45) is 0 Å². The molecule has 21 heavy (non-hydrogen) atoms. The molecule has 2 aromatic rings. The molecule has 1 N–H and O–H groups in total. The van der Waals surface area contributed by atoms with Gasteiger partial charge in [0.25, 0.3) is 10.0 Å². The van der Waals surface area contributed by atoms with Gasteiger partial charge in [0, 0.05) is 12.4 Å². The molecule has 1 aromatic carbocycles. The van der Waals surface area contributed by atoms with Crippen LogP contribution in [0.25, 0.3) is 0 Å². The first-order valence-electron chi connectivity index (χ1n) is 6.81. The minimum absolute atomic E-state index is 0.0000733. The minimum atomic E-state index is -3.72. The van der Waals surface area contributed by atoms with E-state index in [1.807, 2.05) is 6.07 Å². The van der Waals surface area contributed by atoms with Crippen molar-refractivity contribution < 1.29 is 8.42 Å². The van der Waals surface area contributed by atoms with E-state index in [0.717, 1.165) is 31.2 Å². The van der Waals surface area contributed by atoms with Crippen molar-refractivity contribution >= 4 is 27.3 Å². The number of nitrogens with zero attached hydrogens (tertiary/aromatic N) is 1. The number of aryl methyl sites for hydroxylation is 1. The summed E-state index contributed by atoms with van der Waals surface area (Å²) in [6.07, 6.45) is 6.86. The number of halogens is 1. The molecule has 1 heterocycles. The van der Waals surface area contributed by atoms with Gasteiger partial charge in [-0.3, -0.25) is 9.71 Å². The van der Waals surface area contributed by atoms with Crippen molar-refractivity contribution in [3.8, 4) is 0 Å². The maximum atomic E-state index is 12.5. The first-order chi connectivity index (χ1) is 10.1. The van der Waals surface area contributed by atoms with Crippen LogP contribution in [0, 0.1) is 0 Å². The van der Waals surface area contributed by atoms with Crippen molar-refractivity contribution in [2.45, 2.75) is 30.6 Å². The highest BCUT2D eigenvalue weighted by atomic mass is 35.5. The first kappa shape index (κ1) is 14.4. The molecule has 3 rings (SSSR count). The third-order valence-corrected chi connectivity index (χ3v) is 5.50. The van der Waals surface area contributed by atoms with Gasteiger partial charge in [-0.2, -0.15) is 0 Å². The average Bonchev–Trinajstić information content (AvgIpc) is 2.47. The normalized spacial score (nSPS) is 14.5. The predicted octanol–water partition coefficient (Wildman–Crippen LogP) is 3.41. The zero-order valence-electron chi connectivity index (χ0n) is 11.3. The quantitative estimate of drug-likeness (QED) is 0.942. The lowest BCUT2D eigenvalue weighted by molar-refractivity contribution is 0.600. The molecule has 1 aliphatic rings. The van der Waals surface area contributed by atoms with Gasteiger partial charge in [-0.25, -0.2) is 8.42 Å². The van der Waals surface area contributed by atoms with E-state index < -0.39 is 10.0 Å². The van der Waals surface area contributed by atoms with Gasteiger partial charge in [0.05, 0.1) is 10.7 Å².